The Morgan fingerprint density at radius 1 is 0.842 bits per heavy atom. The summed E-state index contributed by atoms with van der Waals surface area (Å²) in [4.78, 5) is 2.54. The molecule has 2 nitrogen and oxygen atoms in total. The Morgan fingerprint density at radius 3 is 2.00 bits per heavy atom. The molecule has 0 atom stereocenters. The molecule has 0 aromatic rings. The van der Waals surface area contributed by atoms with Crippen LogP contribution in [-0.4, -0.2) is 41.5 Å². The number of hydrogen-bond acceptors (Lipinski definition) is 3. The van der Waals surface area contributed by atoms with Gasteiger partial charge >= 0.3 is 0 Å². The maximum atomic E-state index is 9.17. The number of hydrogen-bond donors (Lipinski definition) is 2. The van der Waals surface area contributed by atoms with Crippen LogP contribution in [-0.2, 0) is 0 Å². The van der Waals surface area contributed by atoms with Gasteiger partial charge in [-0.3, -0.25) is 4.90 Å². The molecule has 1 rings (SSSR count). The van der Waals surface area contributed by atoms with Crippen molar-refractivity contribution < 1.29 is 5.11 Å². The summed E-state index contributed by atoms with van der Waals surface area (Å²) in [5.41, 5.74) is 0. The number of aliphatic hydroxyl groups is 1. The first-order chi connectivity index (χ1) is 9.38. The van der Waals surface area contributed by atoms with Crippen LogP contribution in [0, 0.1) is 0 Å². The Balaban J connectivity index is 1.98. The monoisotopic (exact) mass is 287 g/mol. The summed E-state index contributed by atoms with van der Waals surface area (Å²) in [6, 6.07) is 0.766. The SMILES string of the molecule is OCCN(CCCCCCCCCS)C1CCCC1. The topological polar surface area (TPSA) is 23.5 Å². The lowest BCUT2D eigenvalue weighted by molar-refractivity contribution is 0.149. The van der Waals surface area contributed by atoms with Crippen molar-refractivity contribution in [3.8, 4) is 0 Å². The maximum Gasteiger partial charge on any atom is 0.0558 e. The zero-order valence-corrected chi connectivity index (χ0v) is 13.4. The molecule has 0 radical (unpaired) electrons. The van der Waals surface area contributed by atoms with Gasteiger partial charge in [-0.15, -0.1) is 0 Å². The fourth-order valence-corrected chi connectivity index (χ4v) is 3.41. The van der Waals surface area contributed by atoms with E-state index in [1.807, 2.05) is 0 Å². The van der Waals surface area contributed by atoms with Crippen molar-refractivity contribution in [1.29, 1.82) is 0 Å². The minimum absolute atomic E-state index is 0.320. The summed E-state index contributed by atoms with van der Waals surface area (Å²) in [5.74, 6) is 1.04. The van der Waals surface area contributed by atoms with Gasteiger partial charge in [0.05, 0.1) is 6.61 Å². The molecule has 0 aromatic carbocycles. The van der Waals surface area contributed by atoms with E-state index in [0.717, 1.165) is 18.3 Å². The summed E-state index contributed by atoms with van der Waals surface area (Å²) >= 11 is 4.24. The van der Waals surface area contributed by atoms with E-state index < -0.39 is 0 Å². The first-order valence-electron chi connectivity index (χ1n) is 8.34. The predicted octanol–water partition coefficient (Wildman–Crippen LogP) is 3.88. The van der Waals surface area contributed by atoms with E-state index in [0.29, 0.717) is 6.61 Å². The van der Waals surface area contributed by atoms with E-state index in [2.05, 4.69) is 17.5 Å². The molecule has 1 fully saturated rings. The highest BCUT2D eigenvalue weighted by Gasteiger charge is 2.21. The third kappa shape index (κ3) is 8.21. The van der Waals surface area contributed by atoms with E-state index >= 15 is 0 Å². The third-order valence-corrected chi connectivity index (χ3v) is 4.65. The van der Waals surface area contributed by atoms with Crippen LogP contribution in [0.3, 0.4) is 0 Å². The Kier molecular flexibility index (Phi) is 11.0. The molecule has 0 heterocycles. The van der Waals surface area contributed by atoms with E-state index in [4.69, 9.17) is 0 Å². The van der Waals surface area contributed by atoms with Gasteiger partial charge < -0.3 is 5.11 Å². The summed E-state index contributed by atoms with van der Waals surface area (Å²) in [6.45, 7) is 2.40. The van der Waals surface area contributed by atoms with Gasteiger partial charge in [-0.1, -0.05) is 44.9 Å². The molecule has 0 saturated heterocycles. The standard InChI is InChI=1S/C16H33NOS/c18-14-13-17(16-10-6-7-11-16)12-8-4-2-1-3-5-9-15-19/h16,18-19H,1-15H2. The number of thiol groups is 1. The van der Waals surface area contributed by atoms with E-state index in [1.54, 1.807) is 0 Å². The van der Waals surface area contributed by atoms with Crippen molar-refractivity contribution in [3.63, 3.8) is 0 Å². The van der Waals surface area contributed by atoms with Crippen LogP contribution >= 0.6 is 12.6 Å². The summed E-state index contributed by atoms with van der Waals surface area (Å²) in [5, 5.41) is 9.17. The second-order valence-electron chi connectivity index (χ2n) is 5.90. The average molecular weight is 288 g/mol. The Bertz CT molecular complexity index is 195. The Labute approximate surface area is 125 Å². The lowest BCUT2D eigenvalue weighted by Gasteiger charge is -2.28. The smallest absolute Gasteiger partial charge is 0.0558 e. The summed E-state index contributed by atoms with van der Waals surface area (Å²) < 4.78 is 0. The molecule has 0 bridgehead atoms. The molecular weight excluding hydrogens is 254 g/mol. The van der Waals surface area contributed by atoms with Gasteiger partial charge in [0.25, 0.3) is 0 Å². The molecular formula is C16H33NOS. The van der Waals surface area contributed by atoms with Gasteiger partial charge in [-0.25, -0.2) is 0 Å². The van der Waals surface area contributed by atoms with Crippen molar-refractivity contribution >= 4 is 12.6 Å². The number of aliphatic hydroxyl groups excluding tert-OH is 1. The zero-order valence-electron chi connectivity index (χ0n) is 12.5. The average Bonchev–Trinajstić information content (AvgIpc) is 2.94. The fourth-order valence-electron chi connectivity index (χ4n) is 3.19. The molecule has 3 heteroatoms. The van der Waals surface area contributed by atoms with Gasteiger partial charge in [0, 0.05) is 12.6 Å². The first-order valence-corrected chi connectivity index (χ1v) is 8.97. The molecule has 114 valence electrons. The van der Waals surface area contributed by atoms with Crippen LogP contribution < -0.4 is 0 Å². The Morgan fingerprint density at radius 2 is 1.42 bits per heavy atom. The third-order valence-electron chi connectivity index (χ3n) is 4.33. The van der Waals surface area contributed by atoms with Gasteiger partial charge in [-0.2, -0.15) is 12.6 Å². The lowest BCUT2D eigenvalue weighted by atomic mass is 10.1. The molecule has 1 aliphatic carbocycles. The highest BCUT2D eigenvalue weighted by Crippen LogP contribution is 2.23. The molecule has 0 spiro atoms. The molecule has 1 N–H and O–H groups in total. The fraction of sp³-hybridized carbons (Fsp3) is 1.00. The quantitative estimate of drug-likeness (QED) is 0.420. The molecule has 0 aromatic heterocycles. The van der Waals surface area contributed by atoms with Crippen LogP contribution in [0.2, 0.25) is 0 Å². The van der Waals surface area contributed by atoms with Gasteiger partial charge in [0.1, 0.15) is 0 Å². The molecule has 0 aliphatic heterocycles. The number of rotatable bonds is 12. The lowest BCUT2D eigenvalue weighted by Crippen LogP contribution is -2.36. The zero-order chi connectivity index (χ0) is 13.8. The van der Waals surface area contributed by atoms with Crippen LogP contribution in [0.15, 0.2) is 0 Å². The second-order valence-corrected chi connectivity index (χ2v) is 6.34. The largest absolute Gasteiger partial charge is 0.395 e. The molecule has 0 unspecified atom stereocenters. The van der Waals surface area contributed by atoms with E-state index in [9.17, 15) is 5.11 Å². The first kappa shape index (κ1) is 17.3. The number of unbranched alkanes of at least 4 members (excludes halogenated alkanes) is 6. The van der Waals surface area contributed by atoms with Crippen molar-refractivity contribution in [2.45, 2.75) is 76.7 Å². The second kappa shape index (κ2) is 12.0. The van der Waals surface area contributed by atoms with Crippen molar-refractivity contribution in [2.24, 2.45) is 0 Å². The normalized spacial score (nSPS) is 16.6. The van der Waals surface area contributed by atoms with Crippen LogP contribution in [0.25, 0.3) is 0 Å². The predicted molar refractivity (Wildman–Crippen MR) is 87.1 cm³/mol. The summed E-state index contributed by atoms with van der Waals surface area (Å²) in [7, 11) is 0. The van der Waals surface area contributed by atoms with Crippen molar-refractivity contribution in [2.75, 3.05) is 25.4 Å². The highest BCUT2D eigenvalue weighted by atomic mass is 32.1. The minimum Gasteiger partial charge on any atom is -0.395 e. The van der Waals surface area contributed by atoms with Crippen molar-refractivity contribution in [1.82, 2.24) is 4.90 Å². The van der Waals surface area contributed by atoms with Gasteiger partial charge in [0.15, 0.2) is 0 Å². The van der Waals surface area contributed by atoms with Crippen LogP contribution in [0.5, 0.6) is 0 Å². The maximum absolute atomic E-state index is 9.17. The molecule has 0 amide bonds. The Hall–Kier alpha value is 0.270. The van der Waals surface area contributed by atoms with E-state index in [-0.39, 0.29) is 0 Å². The molecule has 1 saturated carbocycles. The van der Waals surface area contributed by atoms with Crippen molar-refractivity contribution in [3.05, 3.63) is 0 Å². The number of nitrogens with zero attached hydrogens (tertiary/aromatic N) is 1. The highest BCUT2D eigenvalue weighted by molar-refractivity contribution is 7.80. The molecule has 19 heavy (non-hydrogen) atoms. The minimum atomic E-state index is 0.320. The van der Waals surface area contributed by atoms with Crippen LogP contribution in [0.4, 0.5) is 0 Å². The summed E-state index contributed by atoms with van der Waals surface area (Å²) in [6.07, 6.45) is 14.9. The molecule has 1 aliphatic rings. The van der Waals surface area contributed by atoms with Gasteiger partial charge in [-0.05, 0) is 38.0 Å². The van der Waals surface area contributed by atoms with Crippen LogP contribution in [0.1, 0.15) is 70.6 Å². The van der Waals surface area contributed by atoms with Gasteiger partial charge in [0.2, 0.25) is 0 Å². The van der Waals surface area contributed by atoms with E-state index in [1.165, 1.54) is 77.2 Å².